The molecule has 7 nitrogen and oxygen atoms in total. The minimum Gasteiger partial charge on any atom is -0.480 e. The summed E-state index contributed by atoms with van der Waals surface area (Å²) in [6.45, 7) is 0.439. The van der Waals surface area contributed by atoms with E-state index in [9.17, 15) is 19.2 Å². The number of hydrogen-bond donors (Lipinski definition) is 1. The van der Waals surface area contributed by atoms with Crippen molar-refractivity contribution < 1.29 is 24.3 Å². The zero-order valence-electron chi connectivity index (χ0n) is 10.9. The van der Waals surface area contributed by atoms with E-state index < -0.39 is 12.0 Å². The van der Waals surface area contributed by atoms with Crippen LogP contribution in [-0.2, 0) is 19.2 Å². The summed E-state index contributed by atoms with van der Waals surface area (Å²) >= 11 is 1.50. The molecule has 0 radical (unpaired) electrons. The van der Waals surface area contributed by atoms with Gasteiger partial charge in [-0.1, -0.05) is 0 Å². The van der Waals surface area contributed by atoms with E-state index in [0.29, 0.717) is 18.1 Å². The molecule has 2 fully saturated rings. The summed E-state index contributed by atoms with van der Waals surface area (Å²) in [4.78, 5) is 48.5. The maximum atomic E-state index is 12.1. The minimum absolute atomic E-state index is 0.00801. The van der Waals surface area contributed by atoms with Gasteiger partial charge in [0.2, 0.25) is 17.7 Å². The van der Waals surface area contributed by atoms with Crippen LogP contribution in [0.4, 0.5) is 0 Å². The molecule has 0 saturated carbocycles. The summed E-state index contributed by atoms with van der Waals surface area (Å²) in [6, 6.07) is -0.814. The molecule has 1 N–H and O–H groups in total. The molecule has 0 aromatic carbocycles. The van der Waals surface area contributed by atoms with Crippen molar-refractivity contribution in [3.63, 3.8) is 0 Å². The second-order valence-corrected chi connectivity index (χ2v) is 5.86. The zero-order chi connectivity index (χ0) is 14.7. The molecule has 1 atom stereocenters. The number of amides is 3. The molecule has 0 aromatic rings. The maximum absolute atomic E-state index is 12.1. The summed E-state index contributed by atoms with van der Waals surface area (Å²) < 4.78 is 0. The molecule has 2 saturated heterocycles. The molecular weight excluding hydrogens is 284 g/mol. The van der Waals surface area contributed by atoms with Crippen LogP contribution < -0.4 is 0 Å². The number of aliphatic carboxylic acids is 1. The lowest BCUT2D eigenvalue weighted by molar-refractivity contribution is -0.150. The largest absolute Gasteiger partial charge is 0.480 e. The van der Waals surface area contributed by atoms with Gasteiger partial charge in [0.1, 0.15) is 6.04 Å². The third-order valence-corrected chi connectivity index (χ3v) is 4.46. The van der Waals surface area contributed by atoms with Crippen LogP contribution in [0.1, 0.15) is 19.3 Å². The standard InChI is InChI=1S/C12H16N2O5S/c15-9-1-2-10(16)14(9)4-3-11(17)13-5-6-20-7-8(13)12(18)19/h8H,1-7H2,(H,18,19). The highest BCUT2D eigenvalue weighted by Crippen LogP contribution is 2.18. The van der Waals surface area contributed by atoms with Crippen molar-refractivity contribution in [1.82, 2.24) is 9.80 Å². The number of imide groups is 1. The van der Waals surface area contributed by atoms with Crippen LogP contribution in [0.15, 0.2) is 0 Å². The van der Waals surface area contributed by atoms with E-state index in [1.807, 2.05) is 0 Å². The molecule has 20 heavy (non-hydrogen) atoms. The normalized spacial score (nSPS) is 23.3. The topological polar surface area (TPSA) is 95.0 Å². The number of likely N-dealkylation sites (tertiary alicyclic amines) is 1. The van der Waals surface area contributed by atoms with E-state index in [4.69, 9.17) is 5.11 Å². The second kappa shape index (κ2) is 6.25. The van der Waals surface area contributed by atoms with E-state index in [-0.39, 0.29) is 43.5 Å². The van der Waals surface area contributed by atoms with Gasteiger partial charge >= 0.3 is 5.97 Å². The lowest BCUT2D eigenvalue weighted by atomic mass is 10.2. The highest BCUT2D eigenvalue weighted by molar-refractivity contribution is 7.99. The van der Waals surface area contributed by atoms with Crippen molar-refractivity contribution in [3.8, 4) is 0 Å². The van der Waals surface area contributed by atoms with Crippen LogP contribution in [0, 0.1) is 0 Å². The zero-order valence-corrected chi connectivity index (χ0v) is 11.7. The average Bonchev–Trinajstić information content (AvgIpc) is 2.75. The highest BCUT2D eigenvalue weighted by atomic mass is 32.2. The molecule has 8 heteroatoms. The Bertz CT molecular complexity index is 437. The fourth-order valence-electron chi connectivity index (χ4n) is 2.33. The van der Waals surface area contributed by atoms with E-state index >= 15 is 0 Å². The first-order valence-corrected chi connectivity index (χ1v) is 7.59. The molecule has 1 unspecified atom stereocenters. The fraction of sp³-hybridized carbons (Fsp3) is 0.667. The number of carboxylic acid groups (broad SMARTS) is 1. The lowest BCUT2D eigenvalue weighted by Gasteiger charge is -2.33. The van der Waals surface area contributed by atoms with E-state index in [1.54, 1.807) is 0 Å². The quantitative estimate of drug-likeness (QED) is 0.707. The number of carboxylic acids is 1. The molecule has 0 aromatic heterocycles. The first-order valence-electron chi connectivity index (χ1n) is 6.44. The summed E-state index contributed by atoms with van der Waals surface area (Å²) in [5, 5.41) is 9.10. The van der Waals surface area contributed by atoms with Gasteiger partial charge in [0.25, 0.3) is 0 Å². The predicted molar refractivity (Wildman–Crippen MR) is 71.0 cm³/mol. The highest BCUT2D eigenvalue weighted by Gasteiger charge is 2.34. The van der Waals surface area contributed by atoms with Crippen molar-refractivity contribution in [2.24, 2.45) is 0 Å². The number of nitrogens with zero attached hydrogens (tertiary/aromatic N) is 2. The van der Waals surface area contributed by atoms with E-state index in [1.165, 1.54) is 16.7 Å². The molecule has 0 spiro atoms. The third-order valence-electron chi connectivity index (χ3n) is 3.44. The van der Waals surface area contributed by atoms with Crippen molar-refractivity contribution in [3.05, 3.63) is 0 Å². The fourth-order valence-corrected chi connectivity index (χ4v) is 3.37. The van der Waals surface area contributed by atoms with Crippen LogP contribution in [0.5, 0.6) is 0 Å². The molecule has 2 heterocycles. The average molecular weight is 300 g/mol. The van der Waals surface area contributed by atoms with Crippen molar-refractivity contribution in [2.75, 3.05) is 24.6 Å². The van der Waals surface area contributed by atoms with Crippen molar-refractivity contribution >= 4 is 35.5 Å². The van der Waals surface area contributed by atoms with Gasteiger partial charge in [0.15, 0.2) is 0 Å². The Morgan fingerprint density at radius 1 is 1.25 bits per heavy atom. The van der Waals surface area contributed by atoms with Gasteiger partial charge in [-0.25, -0.2) is 4.79 Å². The number of thioether (sulfide) groups is 1. The number of carbonyl (C=O) groups is 4. The van der Waals surface area contributed by atoms with Crippen LogP contribution in [0.3, 0.4) is 0 Å². The molecule has 0 aliphatic carbocycles. The van der Waals surface area contributed by atoms with Gasteiger partial charge in [0.05, 0.1) is 0 Å². The Kier molecular flexibility index (Phi) is 4.64. The lowest BCUT2D eigenvalue weighted by Crippen LogP contribution is -2.51. The molecule has 2 aliphatic rings. The van der Waals surface area contributed by atoms with E-state index in [0.717, 1.165) is 4.90 Å². The Morgan fingerprint density at radius 3 is 2.50 bits per heavy atom. The molecule has 2 rings (SSSR count). The first kappa shape index (κ1) is 14.8. The smallest absolute Gasteiger partial charge is 0.327 e. The van der Waals surface area contributed by atoms with Gasteiger partial charge in [-0.3, -0.25) is 19.3 Å². The van der Waals surface area contributed by atoms with Crippen LogP contribution in [-0.4, -0.2) is 69.2 Å². The predicted octanol–water partition coefficient (Wildman–Crippen LogP) is -0.446. The Labute approximate surface area is 120 Å². The molecule has 3 amide bonds. The second-order valence-electron chi connectivity index (χ2n) is 4.71. The SMILES string of the molecule is O=C(O)C1CSCCN1C(=O)CCN1C(=O)CCC1=O. The Hall–Kier alpha value is -1.57. The number of hydrogen-bond acceptors (Lipinski definition) is 5. The molecule has 110 valence electrons. The van der Waals surface area contributed by atoms with E-state index in [2.05, 4.69) is 0 Å². The first-order chi connectivity index (χ1) is 9.50. The summed E-state index contributed by atoms with van der Waals surface area (Å²) in [5.41, 5.74) is 0. The van der Waals surface area contributed by atoms with Gasteiger partial charge in [-0.15, -0.1) is 0 Å². The van der Waals surface area contributed by atoms with Crippen molar-refractivity contribution in [1.29, 1.82) is 0 Å². The molecule has 0 bridgehead atoms. The Balaban J connectivity index is 1.92. The number of carbonyl (C=O) groups excluding carboxylic acids is 3. The Morgan fingerprint density at radius 2 is 1.90 bits per heavy atom. The van der Waals surface area contributed by atoms with Crippen molar-refractivity contribution in [2.45, 2.75) is 25.3 Å². The van der Waals surface area contributed by atoms with Gasteiger partial charge in [-0.2, -0.15) is 11.8 Å². The monoisotopic (exact) mass is 300 g/mol. The third kappa shape index (κ3) is 3.12. The van der Waals surface area contributed by atoms with Crippen LogP contribution in [0.2, 0.25) is 0 Å². The van der Waals surface area contributed by atoms with Gasteiger partial charge in [-0.05, 0) is 0 Å². The summed E-state index contributed by atoms with van der Waals surface area (Å²) in [5.74, 6) is -0.762. The van der Waals surface area contributed by atoms with Gasteiger partial charge < -0.3 is 10.0 Å². The van der Waals surface area contributed by atoms with Crippen LogP contribution in [0.25, 0.3) is 0 Å². The maximum Gasteiger partial charge on any atom is 0.327 e. The molecule has 2 aliphatic heterocycles. The number of rotatable bonds is 4. The van der Waals surface area contributed by atoms with Gasteiger partial charge in [0, 0.05) is 43.9 Å². The van der Waals surface area contributed by atoms with Crippen LogP contribution >= 0.6 is 11.8 Å². The summed E-state index contributed by atoms with van der Waals surface area (Å²) in [6.07, 6.45) is 0.391. The summed E-state index contributed by atoms with van der Waals surface area (Å²) in [7, 11) is 0. The minimum atomic E-state index is -1.01. The molecular formula is C12H16N2O5S.